The number of hydrogen-bond donors (Lipinski definition) is 2. The molecule has 0 radical (unpaired) electrons. The number of aryl methyl sites for hydroxylation is 1. The highest BCUT2D eigenvalue weighted by Gasteiger charge is 2.24. The van der Waals surface area contributed by atoms with Gasteiger partial charge in [-0.25, -0.2) is 0 Å². The molecule has 0 bridgehead atoms. The van der Waals surface area contributed by atoms with Gasteiger partial charge in [0.05, 0.1) is 0 Å². The van der Waals surface area contributed by atoms with Crippen molar-refractivity contribution < 1.29 is 9.59 Å². The first-order valence-corrected chi connectivity index (χ1v) is 8.39. The fraction of sp³-hybridized carbons (Fsp3) is 0.556. The predicted molar refractivity (Wildman–Crippen MR) is 99.0 cm³/mol. The van der Waals surface area contributed by atoms with E-state index in [1.165, 1.54) is 0 Å². The van der Waals surface area contributed by atoms with E-state index in [4.69, 9.17) is 5.73 Å². The normalized spacial score (nSPS) is 15.0. The molecule has 1 aliphatic rings. The van der Waals surface area contributed by atoms with Gasteiger partial charge >= 0.3 is 0 Å². The van der Waals surface area contributed by atoms with Crippen molar-refractivity contribution in [3.63, 3.8) is 0 Å². The Hall–Kier alpha value is -1.75. The summed E-state index contributed by atoms with van der Waals surface area (Å²) in [5.74, 6) is 0.266. The maximum Gasteiger partial charge on any atom is 0.222 e. The summed E-state index contributed by atoms with van der Waals surface area (Å²) >= 11 is 0. The smallest absolute Gasteiger partial charge is 0.222 e. The van der Waals surface area contributed by atoms with Crippen molar-refractivity contribution in [1.29, 1.82) is 0 Å². The molecule has 6 heteroatoms. The number of carbonyl (C=O) groups excluding carboxylic acids is 2. The molecule has 2 amide bonds. The first-order valence-electron chi connectivity index (χ1n) is 8.39. The molecule has 0 aromatic heterocycles. The molecule has 134 valence electrons. The van der Waals surface area contributed by atoms with E-state index >= 15 is 0 Å². The van der Waals surface area contributed by atoms with E-state index in [0.717, 1.165) is 24.1 Å². The number of hydrogen-bond acceptors (Lipinski definition) is 3. The molecule has 1 aliphatic heterocycles. The zero-order valence-electron chi connectivity index (χ0n) is 14.5. The van der Waals surface area contributed by atoms with E-state index in [0.29, 0.717) is 25.9 Å². The number of para-hydroxylation sites is 1. The first kappa shape index (κ1) is 20.3. The molecule has 0 spiro atoms. The van der Waals surface area contributed by atoms with Crippen LogP contribution in [0.4, 0.5) is 5.69 Å². The van der Waals surface area contributed by atoms with Crippen LogP contribution in [0, 0.1) is 5.92 Å². The van der Waals surface area contributed by atoms with Crippen molar-refractivity contribution in [2.75, 3.05) is 18.8 Å². The van der Waals surface area contributed by atoms with Gasteiger partial charge in [-0.05, 0) is 30.9 Å². The Morgan fingerprint density at radius 3 is 2.46 bits per heavy atom. The number of halogens is 1. The second kappa shape index (κ2) is 9.52. The van der Waals surface area contributed by atoms with Crippen molar-refractivity contribution >= 4 is 29.9 Å². The molecular formula is C18H28ClN3O2. The molecule has 2 rings (SSSR count). The Morgan fingerprint density at radius 1 is 1.25 bits per heavy atom. The van der Waals surface area contributed by atoms with Crippen molar-refractivity contribution in [1.82, 2.24) is 10.2 Å². The summed E-state index contributed by atoms with van der Waals surface area (Å²) in [7, 11) is 0. The average Bonchev–Trinajstić information content (AvgIpc) is 2.54. The Bertz CT molecular complexity index is 555. The zero-order valence-corrected chi connectivity index (χ0v) is 15.3. The monoisotopic (exact) mass is 353 g/mol. The molecule has 0 unspecified atom stereocenters. The number of amides is 2. The number of nitrogens with two attached hydrogens (primary N) is 1. The van der Waals surface area contributed by atoms with Crippen molar-refractivity contribution in [3.8, 4) is 0 Å². The lowest BCUT2D eigenvalue weighted by Crippen LogP contribution is -2.47. The number of rotatable bonds is 5. The SMILES string of the molecule is CC(C)C(=O)NC1CCN(C(=O)CCc2ccccc2N)CC1.Cl. The molecular weight excluding hydrogens is 326 g/mol. The molecule has 1 heterocycles. The molecule has 1 saturated heterocycles. The average molecular weight is 354 g/mol. The van der Waals surface area contributed by atoms with Crippen LogP contribution >= 0.6 is 12.4 Å². The second-order valence-electron chi connectivity index (χ2n) is 6.52. The summed E-state index contributed by atoms with van der Waals surface area (Å²) in [6, 6.07) is 7.87. The van der Waals surface area contributed by atoms with Gasteiger partial charge in [-0.2, -0.15) is 0 Å². The van der Waals surface area contributed by atoms with Crippen LogP contribution in [-0.2, 0) is 16.0 Å². The summed E-state index contributed by atoms with van der Waals surface area (Å²) in [6.07, 6.45) is 2.82. The zero-order chi connectivity index (χ0) is 16.8. The molecule has 0 aliphatic carbocycles. The minimum Gasteiger partial charge on any atom is -0.399 e. The number of carbonyl (C=O) groups is 2. The van der Waals surface area contributed by atoms with Gasteiger partial charge in [0.1, 0.15) is 0 Å². The molecule has 1 fully saturated rings. The lowest BCUT2D eigenvalue weighted by molar-refractivity contribution is -0.132. The standard InChI is InChI=1S/C18H27N3O2.ClH/c1-13(2)18(23)20-15-9-11-21(12-10-15)17(22)8-7-14-5-3-4-6-16(14)19;/h3-6,13,15H,7-12,19H2,1-2H3,(H,20,23);1H. The number of nitrogen functional groups attached to an aromatic ring is 1. The van der Waals surface area contributed by atoms with Gasteiger partial charge < -0.3 is 16.0 Å². The van der Waals surface area contributed by atoms with Crippen LogP contribution in [0.15, 0.2) is 24.3 Å². The van der Waals surface area contributed by atoms with Gasteiger partial charge in [-0.1, -0.05) is 32.0 Å². The van der Waals surface area contributed by atoms with Gasteiger partial charge in [0.2, 0.25) is 11.8 Å². The van der Waals surface area contributed by atoms with Crippen LogP contribution in [0.2, 0.25) is 0 Å². The summed E-state index contributed by atoms with van der Waals surface area (Å²) in [4.78, 5) is 25.9. The molecule has 1 aromatic carbocycles. The van der Waals surface area contributed by atoms with Crippen LogP contribution in [0.5, 0.6) is 0 Å². The van der Waals surface area contributed by atoms with Crippen LogP contribution in [0.1, 0.15) is 38.7 Å². The molecule has 3 N–H and O–H groups in total. The summed E-state index contributed by atoms with van der Waals surface area (Å²) in [6.45, 7) is 5.21. The second-order valence-corrected chi connectivity index (χ2v) is 6.52. The van der Waals surface area contributed by atoms with E-state index in [2.05, 4.69) is 5.32 Å². The van der Waals surface area contributed by atoms with E-state index in [1.807, 2.05) is 43.0 Å². The Balaban J connectivity index is 0.00000288. The number of nitrogens with one attached hydrogen (secondary N) is 1. The van der Waals surface area contributed by atoms with Crippen LogP contribution in [-0.4, -0.2) is 35.8 Å². The summed E-state index contributed by atoms with van der Waals surface area (Å²) in [5.41, 5.74) is 7.68. The summed E-state index contributed by atoms with van der Waals surface area (Å²) in [5, 5.41) is 3.05. The van der Waals surface area contributed by atoms with Gasteiger partial charge in [0.15, 0.2) is 0 Å². The van der Waals surface area contributed by atoms with E-state index in [9.17, 15) is 9.59 Å². The van der Waals surface area contributed by atoms with Crippen LogP contribution in [0.3, 0.4) is 0 Å². The minimum absolute atomic E-state index is 0. The van der Waals surface area contributed by atoms with E-state index in [-0.39, 0.29) is 36.2 Å². The lowest BCUT2D eigenvalue weighted by atomic mass is 10.0. The van der Waals surface area contributed by atoms with E-state index < -0.39 is 0 Å². The predicted octanol–water partition coefficient (Wildman–Crippen LogP) is 2.39. The molecule has 5 nitrogen and oxygen atoms in total. The van der Waals surface area contributed by atoms with Crippen LogP contribution < -0.4 is 11.1 Å². The van der Waals surface area contributed by atoms with Gasteiger partial charge in [-0.15, -0.1) is 12.4 Å². The van der Waals surface area contributed by atoms with E-state index in [1.54, 1.807) is 0 Å². The largest absolute Gasteiger partial charge is 0.399 e. The Kier molecular flexibility index (Phi) is 8.05. The van der Waals surface area contributed by atoms with Crippen molar-refractivity contribution in [2.24, 2.45) is 5.92 Å². The quantitative estimate of drug-likeness (QED) is 0.798. The highest BCUT2D eigenvalue weighted by molar-refractivity contribution is 5.85. The highest BCUT2D eigenvalue weighted by Crippen LogP contribution is 2.16. The van der Waals surface area contributed by atoms with Crippen molar-refractivity contribution in [2.45, 2.75) is 45.6 Å². The first-order chi connectivity index (χ1) is 11.0. The fourth-order valence-electron chi connectivity index (χ4n) is 2.80. The molecule has 0 atom stereocenters. The van der Waals surface area contributed by atoms with Crippen LogP contribution in [0.25, 0.3) is 0 Å². The molecule has 0 saturated carbocycles. The maximum atomic E-state index is 12.3. The third-order valence-electron chi connectivity index (χ3n) is 4.38. The van der Waals surface area contributed by atoms with Gasteiger partial charge in [0, 0.05) is 37.2 Å². The Labute approximate surface area is 150 Å². The number of likely N-dealkylation sites (tertiary alicyclic amines) is 1. The topological polar surface area (TPSA) is 75.4 Å². The highest BCUT2D eigenvalue weighted by atomic mass is 35.5. The number of nitrogens with zero attached hydrogens (tertiary/aromatic N) is 1. The lowest BCUT2D eigenvalue weighted by Gasteiger charge is -2.33. The van der Waals surface area contributed by atoms with Gasteiger partial charge in [0.25, 0.3) is 0 Å². The molecule has 1 aromatic rings. The summed E-state index contributed by atoms with van der Waals surface area (Å²) < 4.78 is 0. The Morgan fingerprint density at radius 2 is 1.88 bits per heavy atom. The fourth-order valence-corrected chi connectivity index (χ4v) is 2.80. The maximum absolute atomic E-state index is 12.3. The third-order valence-corrected chi connectivity index (χ3v) is 4.38. The number of benzene rings is 1. The third kappa shape index (κ3) is 5.71. The van der Waals surface area contributed by atoms with Crippen molar-refractivity contribution in [3.05, 3.63) is 29.8 Å². The number of piperidine rings is 1. The molecule has 24 heavy (non-hydrogen) atoms. The van der Waals surface area contributed by atoms with Gasteiger partial charge in [-0.3, -0.25) is 9.59 Å². The minimum atomic E-state index is 0. The number of anilines is 1.